The Balaban J connectivity index is 1.94. The number of likely N-dealkylation sites (tertiary alicyclic amines) is 1. The van der Waals surface area contributed by atoms with Crippen LogP contribution in [0.1, 0.15) is 24.0 Å². The quantitative estimate of drug-likeness (QED) is 0.860. The number of benzene rings is 1. The summed E-state index contributed by atoms with van der Waals surface area (Å²) in [6.45, 7) is 5.72. The van der Waals surface area contributed by atoms with Gasteiger partial charge in [-0.2, -0.15) is 0 Å². The summed E-state index contributed by atoms with van der Waals surface area (Å²) in [5.41, 5.74) is 3.15. The number of rotatable bonds is 2. The van der Waals surface area contributed by atoms with E-state index < -0.39 is 0 Å². The summed E-state index contributed by atoms with van der Waals surface area (Å²) in [4.78, 5) is 14.0. The second-order valence-electron chi connectivity index (χ2n) is 5.42. The van der Waals surface area contributed by atoms with E-state index in [1.54, 1.807) is 0 Å². The molecule has 19 heavy (non-hydrogen) atoms. The van der Waals surface area contributed by atoms with E-state index in [0.717, 1.165) is 42.7 Å². The number of piperidine rings is 1. The van der Waals surface area contributed by atoms with E-state index in [0.29, 0.717) is 5.92 Å². The van der Waals surface area contributed by atoms with E-state index in [4.69, 9.17) is 5.11 Å². The third-order valence-corrected chi connectivity index (χ3v) is 3.63. The van der Waals surface area contributed by atoms with Crippen molar-refractivity contribution in [2.45, 2.75) is 26.7 Å². The highest BCUT2D eigenvalue weighted by atomic mass is 16.3. The molecule has 1 aliphatic rings. The Kier molecular flexibility index (Phi) is 4.43. The van der Waals surface area contributed by atoms with E-state index in [2.05, 4.69) is 11.4 Å². The fraction of sp³-hybridized carbons (Fsp3) is 0.533. The summed E-state index contributed by atoms with van der Waals surface area (Å²) < 4.78 is 0. The summed E-state index contributed by atoms with van der Waals surface area (Å²) in [6, 6.07) is 6.00. The molecule has 2 N–H and O–H groups in total. The Morgan fingerprint density at radius 3 is 2.37 bits per heavy atom. The first-order valence-corrected chi connectivity index (χ1v) is 6.83. The van der Waals surface area contributed by atoms with Gasteiger partial charge < -0.3 is 15.3 Å². The van der Waals surface area contributed by atoms with Crippen LogP contribution in [0.15, 0.2) is 18.2 Å². The van der Waals surface area contributed by atoms with Crippen molar-refractivity contribution in [3.05, 3.63) is 29.3 Å². The minimum Gasteiger partial charge on any atom is -0.396 e. The molecule has 0 aliphatic carbocycles. The van der Waals surface area contributed by atoms with Gasteiger partial charge in [-0.25, -0.2) is 4.79 Å². The molecule has 0 bridgehead atoms. The number of hydrogen-bond donors (Lipinski definition) is 2. The number of nitrogens with one attached hydrogen (secondary N) is 1. The predicted molar refractivity (Wildman–Crippen MR) is 76.3 cm³/mol. The summed E-state index contributed by atoms with van der Waals surface area (Å²) in [5, 5.41) is 12.0. The van der Waals surface area contributed by atoms with Crippen molar-refractivity contribution < 1.29 is 9.90 Å². The lowest BCUT2D eigenvalue weighted by atomic mass is 9.98. The number of hydrogen-bond acceptors (Lipinski definition) is 2. The lowest BCUT2D eigenvalue weighted by molar-refractivity contribution is 0.143. The number of carbonyl (C=O) groups excluding carboxylic acids is 1. The zero-order valence-corrected chi connectivity index (χ0v) is 11.6. The fourth-order valence-electron chi connectivity index (χ4n) is 2.57. The highest BCUT2D eigenvalue weighted by molar-refractivity contribution is 5.89. The molecule has 1 fully saturated rings. The number of carbonyl (C=O) groups is 1. The minimum atomic E-state index is -0.0404. The largest absolute Gasteiger partial charge is 0.396 e. The van der Waals surface area contributed by atoms with Crippen molar-refractivity contribution in [2.75, 3.05) is 25.0 Å². The van der Waals surface area contributed by atoms with Crippen molar-refractivity contribution in [2.24, 2.45) is 5.92 Å². The molecule has 1 heterocycles. The molecule has 1 saturated heterocycles. The number of anilines is 1. The summed E-state index contributed by atoms with van der Waals surface area (Å²) >= 11 is 0. The van der Waals surface area contributed by atoms with E-state index in [9.17, 15) is 4.79 Å². The summed E-state index contributed by atoms with van der Waals surface area (Å²) in [7, 11) is 0. The molecule has 0 radical (unpaired) electrons. The Labute approximate surface area is 114 Å². The Morgan fingerprint density at radius 1 is 1.26 bits per heavy atom. The van der Waals surface area contributed by atoms with Crippen LogP contribution in [0, 0.1) is 19.8 Å². The Hall–Kier alpha value is -1.55. The zero-order valence-electron chi connectivity index (χ0n) is 11.6. The van der Waals surface area contributed by atoms with Crippen LogP contribution in [0.25, 0.3) is 0 Å². The number of aliphatic hydroxyl groups excluding tert-OH is 1. The molecule has 0 spiro atoms. The molecular weight excluding hydrogens is 240 g/mol. The van der Waals surface area contributed by atoms with Crippen molar-refractivity contribution in [3.63, 3.8) is 0 Å². The van der Waals surface area contributed by atoms with Crippen molar-refractivity contribution >= 4 is 11.7 Å². The maximum Gasteiger partial charge on any atom is 0.321 e. The van der Waals surface area contributed by atoms with Gasteiger partial charge in [0, 0.05) is 25.4 Å². The van der Waals surface area contributed by atoms with E-state index in [1.807, 2.05) is 30.9 Å². The van der Waals surface area contributed by atoms with Gasteiger partial charge in [0.25, 0.3) is 0 Å². The minimum absolute atomic E-state index is 0.0404. The molecule has 0 aromatic heterocycles. The van der Waals surface area contributed by atoms with E-state index in [-0.39, 0.29) is 12.6 Å². The number of nitrogens with zero attached hydrogens (tertiary/aromatic N) is 1. The summed E-state index contributed by atoms with van der Waals surface area (Å²) in [6.07, 6.45) is 1.77. The van der Waals surface area contributed by atoms with Gasteiger partial charge in [-0.15, -0.1) is 0 Å². The molecule has 0 atom stereocenters. The number of urea groups is 1. The van der Waals surface area contributed by atoms with Crippen LogP contribution in [-0.2, 0) is 0 Å². The lowest BCUT2D eigenvalue weighted by Gasteiger charge is -2.31. The van der Waals surface area contributed by atoms with Gasteiger partial charge >= 0.3 is 6.03 Å². The molecule has 104 valence electrons. The maximum absolute atomic E-state index is 12.1. The zero-order chi connectivity index (χ0) is 13.8. The van der Waals surface area contributed by atoms with E-state index in [1.165, 1.54) is 0 Å². The van der Waals surface area contributed by atoms with Gasteiger partial charge in [0.05, 0.1) is 0 Å². The first-order chi connectivity index (χ1) is 9.08. The third-order valence-electron chi connectivity index (χ3n) is 3.63. The number of aryl methyl sites for hydroxylation is 2. The first kappa shape index (κ1) is 13.9. The predicted octanol–water partition coefficient (Wildman–Crippen LogP) is 2.54. The van der Waals surface area contributed by atoms with Crippen LogP contribution in [0.2, 0.25) is 0 Å². The van der Waals surface area contributed by atoms with Gasteiger partial charge in [-0.3, -0.25) is 0 Å². The molecule has 1 aliphatic heterocycles. The van der Waals surface area contributed by atoms with Gasteiger partial charge in [0.2, 0.25) is 0 Å². The van der Waals surface area contributed by atoms with Crippen LogP contribution < -0.4 is 5.32 Å². The van der Waals surface area contributed by atoms with Crippen LogP contribution in [-0.4, -0.2) is 35.7 Å². The molecular formula is C15H22N2O2. The normalized spacial score (nSPS) is 16.5. The molecule has 0 saturated carbocycles. The lowest BCUT2D eigenvalue weighted by Crippen LogP contribution is -2.41. The standard InChI is InChI=1S/C15H22N2O2/c1-11-7-12(2)9-14(8-11)16-15(19)17-5-3-13(10-18)4-6-17/h7-9,13,18H,3-6,10H2,1-2H3,(H,16,19). The maximum atomic E-state index is 12.1. The van der Waals surface area contributed by atoms with Gasteiger partial charge in [-0.1, -0.05) is 6.07 Å². The average molecular weight is 262 g/mol. The smallest absolute Gasteiger partial charge is 0.321 e. The first-order valence-electron chi connectivity index (χ1n) is 6.83. The highest BCUT2D eigenvalue weighted by Crippen LogP contribution is 2.18. The van der Waals surface area contributed by atoms with Crippen LogP contribution >= 0.6 is 0 Å². The van der Waals surface area contributed by atoms with Crippen LogP contribution in [0.5, 0.6) is 0 Å². The summed E-state index contributed by atoms with van der Waals surface area (Å²) in [5.74, 6) is 0.352. The van der Waals surface area contributed by atoms with E-state index >= 15 is 0 Å². The Morgan fingerprint density at radius 2 is 1.84 bits per heavy atom. The SMILES string of the molecule is Cc1cc(C)cc(NC(=O)N2CCC(CO)CC2)c1. The average Bonchev–Trinajstić information content (AvgIpc) is 2.37. The topological polar surface area (TPSA) is 52.6 Å². The number of aliphatic hydroxyl groups is 1. The molecule has 4 nitrogen and oxygen atoms in total. The van der Waals surface area contributed by atoms with Gasteiger partial charge in [-0.05, 0) is 55.9 Å². The third kappa shape index (κ3) is 3.70. The van der Waals surface area contributed by atoms with Crippen molar-refractivity contribution in [1.82, 2.24) is 4.90 Å². The second-order valence-corrected chi connectivity index (χ2v) is 5.42. The molecule has 1 aromatic rings. The molecule has 1 aromatic carbocycles. The second kappa shape index (κ2) is 6.06. The fourth-order valence-corrected chi connectivity index (χ4v) is 2.57. The highest BCUT2D eigenvalue weighted by Gasteiger charge is 2.22. The van der Waals surface area contributed by atoms with Crippen LogP contribution in [0.4, 0.5) is 10.5 Å². The van der Waals surface area contributed by atoms with Crippen molar-refractivity contribution in [3.8, 4) is 0 Å². The molecule has 2 rings (SSSR count). The monoisotopic (exact) mass is 262 g/mol. The van der Waals surface area contributed by atoms with Gasteiger partial charge in [0.1, 0.15) is 0 Å². The van der Waals surface area contributed by atoms with Crippen molar-refractivity contribution in [1.29, 1.82) is 0 Å². The molecule has 2 amide bonds. The molecule has 0 unspecified atom stereocenters. The molecule has 4 heteroatoms. The van der Waals surface area contributed by atoms with Crippen LogP contribution in [0.3, 0.4) is 0 Å². The number of amides is 2. The van der Waals surface area contributed by atoms with Gasteiger partial charge in [0.15, 0.2) is 0 Å². The Bertz CT molecular complexity index is 431.